The van der Waals surface area contributed by atoms with E-state index in [2.05, 4.69) is 6.08 Å². The van der Waals surface area contributed by atoms with Gasteiger partial charge in [-0.05, 0) is 11.1 Å². The molecule has 3 aliphatic heterocycles. The zero-order chi connectivity index (χ0) is 14.6. The summed E-state index contributed by atoms with van der Waals surface area (Å²) in [6.45, 7) is 0.911. The van der Waals surface area contributed by atoms with Crippen molar-refractivity contribution in [2.75, 3.05) is 20.3 Å². The third-order valence-electron chi connectivity index (χ3n) is 5.06. The van der Waals surface area contributed by atoms with Crippen molar-refractivity contribution >= 4 is 11.9 Å². The molecule has 0 bridgehead atoms. The summed E-state index contributed by atoms with van der Waals surface area (Å²) in [5.41, 5.74) is 1.62. The smallest absolute Gasteiger partial charge is 0.330 e. The number of nitrogens with zero attached hydrogens (tertiary/aromatic N) is 1. The van der Waals surface area contributed by atoms with Crippen LogP contribution in [0.5, 0.6) is 0 Å². The number of hydrogen-bond acceptors (Lipinski definition) is 4. The number of cyclic esters (lactones) is 1. The third-order valence-corrected chi connectivity index (χ3v) is 5.06. The van der Waals surface area contributed by atoms with E-state index in [1.165, 1.54) is 0 Å². The fourth-order valence-electron chi connectivity index (χ4n) is 4.10. The highest BCUT2D eigenvalue weighted by atomic mass is 16.5. The fraction of sp³-hybridized carbons (Fsp3) is 0.500. The Labute approximate surface area is 122 Å². The van der Waals surface area contributed by atoms with E-state index in [4.69, 9.17) is 9.47 Å². The van der Waals surface area contributed by atoms with Crippen LogP contribution >= 0.6 is 0 Å². The van der Waals surface area contributed by atoms with Gasteiger partial charge < -0.3 is 14.4 Å². The van der Waals surface area contributed by atoms with Crippen LogP contribution in [0.1, 0.15) is 12.8 Å². The van der Waals surface area contributed by atoms with Crippen LogP contribution in [0.4, 0.5) is 0 Å². The van der Waals surface area contributed by atoms with Crippen molar-refractivity contribution < 1.29 is 19.1 Å². The second-order valence-corrected chi connectivity index (χ2v) is 5.99. The molecule has 0 saturated carbocycles. The zero-order valence-corrected chi connectivity index (χ0v) is 11.9. The van der Waals surface area contributed by atoms with Crippen LogP contribution in [0, 0.1) is 5.92 Å². The molecule has 4 aliphatic rings. The first kappa shape index (κ1) is 12.8. The Morgan fingerprint density at radius 1 is 1.43 bits per heavy atom. The lowest BCUT2D eigenvalue weighted by Gasteiger charge is -2.51. The number of ether oxygens (including phenoxy) is 2. The second kappa shape index (κ2) is 4.31. The Kier molecular flexibility index (Phi) is 2.63. The molecule has 1 fully saturated rings. The van der Waals surface area contributed by atoms with E-state index in [9.17, 15) is 9.59 Å². The maximum Gasteiger partial charge on any atom is 0.330 e. The lowest BCUT2D eigenvalue weighted by atomic mass is 9.67. The largest absolute Gasteiger partial charge is 0.462 e. The van der Waals surface area contributed by atoms with E-state index in [-0.39, 0.29) is 23.9 Å². The Balaban J connectivity index is 1.88. The average molecular weight is 287 g/mol. The number of esters is 1. The summed E-state index contributed by atoms with van der Waals surface area (Å²) in [6.07, 6.45) is 8.79. The Morgan fingerprint density at radius 3 is 3.10 bits per heavy atom. The minimum Gasteiger partial charge on any atom is -0.462 e. The number of carbonyl (C=O) groups is 2. The molecule has 3 atom stereocenters. The molecular formula is C16H17NO4. The van der Waals surface area contributed by atoms with Gasteiger partial charge in [-0.2, -0.15) is 0 Å². The van der Waals surface area contributed by atoms with Gasteiger partial charge in [-0.3, -0.25) is 4.79 Å². The molecule has 5 heteroatoms. The number of hydrogen-bond donors (Lipinski definition) is 0. The number of amides is 1. The highest BCUT2D eigenvalue weighted by Gasteiger charge is 2.56. The predicted octanol–water partition coefficient (Wildman–Crippen LogP) is 0.972. The van der Waals surface area contributed by atoms with Crippen LogP contribution in [0.3, 0.4) is 0 Å². The van der Waals surface area contributed by atoms with Crippen LogP contribution in [-0.2, 0) is 19.1 Å². The Morgan fingerprint density at radius 2 is 2.29 bits per heavy atom. The van der Waals surface area contributed by atoms with E-state index in [1.807, 2.05) is 17.1 Å². The summed E-state index contributed by atoms with van der Waals surface area (Å²) >= 11 is 0. The molecule has 0 radical (unpaired) electrons. The molecule has 0 aromatic carbocycles. The number of rotatable bonds is 1. The minimum absolute atomic E-state index is 0.00282. The molecule has 1 spiro atoms. The van der Waals surface area contributed by atoms with E-state index < -0.39 is 5.54 Å². The highest BCUT2D eigenvalue weighted by Crippen LogP contribution is 2.51. The molecule has 0 aromatic rings. The second-order valence-electron chi connectivity index (χ2n) is 5.99. The van der Waals surface area contributed by atoms with Crippen molar-refractivity contribution in [2.45, 2.75) is 24.5 Å². The molecule has 3 heterocycles. The maximum absolute atomic E-state index is 12.5. The van der Waals surface area contributed by atoms with Gasteiger partial charge in [-0.25, -0.2) is 4.79 Å². The maximum atomic E-state index is 12.5. The summed E-state index contributed by atoms with van der Waals surface area (Å²) in [5, 5.41) is 0. The predicted molar refractivity (Wildman–Crippen MR) is 74.2 cm³/mol. The van der Waals surface area contributed by atoms with Gasteiger partial charge in [0.05, 0.1) is 18.2 Å². The molecule has 0 unspecified atom stereocenters. The molecule has 110 valence electrons. The topological polar surface area (TPSA) is 55.8 Å². The van der Waals surface area contributed by atoms with E-state index in [0.29, 0.717) is 26.0 Å². The summed E-state index contributed by atoms with van der Waals surface area (Å²) in [4.78, 5) is 26.2. The SMILES string of the molecule is CO[C@H]1C=CC2=CCN3C(=O)C[C@H]4COC(=O)C=C4[C@]23C1. The van der Waals surface area contributed by atoms with Crippen molar-refractivity contribution in [3.8, 4) is 0 Å². The summed E-state index contributed by atoms with van der Waals surface area (Å²) in [7, 11) is 1.67. The highest BCUT2D eigenvalue weighted by molar-refractivity contribution is 5.89. The van der Waals surface area contributed by atoms with Crippen LogP contribution in [-0.4, -0.2) is 48.7 Å². The van der Waals surface area contributed by atoms with Gasteiger partial charge in [0.25, 0.3) is 0 Å². The first-order valence-electron chi connectivity index (χ1n) is 7.26. The number of piperidine rings is 1. The average Bonchev–Trinajstić information content (AvgIpc) is 2.88. The molecule has 5 nitrogen and oxygen atoms in total. The lowest BCUT2D eigenvalue weighted by molar-refractivity contribution is -0.147. The van der Waals surface area contributed by atoms with Gasteiger partial charge >= 0.3 is 5.97 Å². The van der Waals surface area contributed by atoms with E-state index in [1.54, 1.807) is 13.2 Å². The Hall–Kier alpha value is -1.88. The van der Waals surface area contributed by atoms with Gasteiger partial charge in [0.2, 0.25) is 5.91 Å². The monoisotopic (exact) mass is 287 g/mol. The van der Waals surface area contributed by atoms with Crippen molar-refractivity contribution in [1.82, 2.24) is 4.90 Å². The van der Waals surface area contributed by atoms with Crippen LogP contribution in [0.25, 0.3) is 0 Å². The summed E-state index contributed by atoms with van der Waals surface area (Å²) in [6, 6.07) is 0. The quantitative estimate of drug-likeness (QED) is 0.674. The molecule has 21 heavy (non-hydrogen) atoms. The van der Waals surface area contributed by atoms with E-state index in [0.717, 1.165) is 11.1 Å². The number of fused-ring (bicyclic) bond motifs is 1. The Bertz CT molecular complexity index is 618. The number of carbonyl (C=O) groups excluding carboxylic acids is 2. The number of methoxy groups -OCH3 is 1. The van der Waals surface area contributed by atoms with Gasteiger partial charge in [0.1, 0.15) is 0 Å². The summed E-state index contributed by atoms with van der Waals surface area (Å²) < 4.78 is 10.6. The zero-order valence-electron chi connectivity index (χ0n) is 11.9. The first-order valence-corrected chi connectivity index (χ1v) is 7.26. The normalized spacial score (nSPS) is 37.3. The molecular weight excluding hydrogens is 270 g/mol. The molecule has 4 rings (SSSR count). The van der Waals surface area contributed by atoms with Crippen LogP contribution in [0.2, 0.25) is 0 Å². The standard InChI is InChI=1S/C16H17NO4/c1-20-12-3-2-11-4-5-17-14(18)6-10-9-21-15(19)7-13(10)16(11,17)8-12/h2-4,7,10,12H,5-6,8-9H2,1H3/t10-,12-,16-/m0/s1. The molecule has 0 aromatic heterocycles. The van der Waals surface area contributed by atoms with Gasteiger partial charge in [-0.1, -0.05) is 18.2 Å². The van der Waals surface area contributed by atoms with Crippen molar-refractivity contribution in [3.63, 3.8) is 0 Å². The molecule has 0 N–H and O–H groups in total. The minimum atomic E-state index is -0.505. The third kappa shape index (κ3) is 1.61. The van der Waals surface area contributed by atoms with Crippen molar-refractivity contribution in [2.24, 2.45) is 5.92 Å². The van der Waals surface area contributed by atoms with Gasteiger partial charge in [0.15, 0.2) is 0 Å². The van der Waals surface area contributed by atoms with E-state index >= 15 is 0 Å². The summed E-state index contributed by atoms with van der Waals surface area (Å²) in [5.74, 6) is -0.178. The first-order chi connectivity index (χ1) is 10.1. The molecule has 1 amide bonds. The van der Waals surface area contributed by atoms with Gasteiger partial charge in [-0.15, -0.1) is 0 Å². The lowest BCUT2D eigenvalue weighted by Crippen LogP contribution is -2.59. The fourth-order valence-corrected chi connectivity index (χ4v) is 4.10. The van der Waals surface area contributed by atoms with Crippen LogP contribution in [0.15, 0.2) is 35.5 Å². The molecule has 1 saturated heterocycles. The van der Waals surface area contributed by atoms with Crippen molar-refractivity contribution in [3.05, 3.63) is 35.5 Å². The van der Waals surface area contributed by atoms with Gasteiger partial charge in [0, 0.05) is 38.5 Å². The molecule has 1 aliphatic carbocycles. The van der Waals surface area contributed by atoms with Crippen molar-refractivity contribution in [1.29, 1.82) is 0 Å². The van der Waals surface area contributed by atoms with Crippen LogP contribution < -0.4 is 0 Å².